The van der Waals surface area contributed by atoms with Crippen LogP contribution in [0.5, 0.6) is 0 Å². The molecule has 0 saturated heterocycles. The van der Waals surface area contributed by atoms with Crippen LogP contribution in [-0.4, -0.2) is 28.3 Å². The van der Waals surface area contributed by atoms with Gasteiger partial charge in [0.2, 0.25) is 0 Å². The summed E-state index contributed by atoms with van der Waals surface area (Å²) >= 11 is 3.07. The molecule has 1 aliphatic carbocycles. The highest BCUT2D eigenvalue weighted by Crippen LogP contribution is 2.34. The summed E-state index contributed by atoms with van der Waals surface area (Å²) in [5, 5.41) is 22.1. The number of carbonyl (C=O) groups is 1. The maximum Gasteiger partial charge on any atom is 0.306 e. The van der Waals surface area contributed by atoms with Gasteiger partial charge in [-0.25, -0.2) is 8.78 Å². The molecule has 7 heteroatoms. The van der Waals surface area contributed by atoms with Gasteiger partial charge in [-0.05, 0) is 47.7 Å². The fraction of sp³-hybridized carbons (Fsp3) is 0.500. The van der Waals surface area contributed by atoms with Crippen LogP contribution >= 0.6 is 15.9 Å². The predicted molar refractivity (Wildman–Crippen MR) is 77.1 cm³/mol. The van der Waals surface area contributed by atoms with E-state index in [4.69, 9.17) is 5.11 Å². The van der Waals surface area contributed by atoms with Crippen LogP contribution in [0.4, 0.5) is 14.5 Å². The van der Waals surface area contributed by atoms with Crippen molar-refractivity contribution in [1.82, 2.24) is 0 Å². The molecule has 1 aromatic rings. The zero-order chi connectivity index (χ0) is 15.6. The van der Waals surface area contributed by atoms with Gasteiger partial charge in [0.05, 0.1) is 17.2 Å². The molecule has 0 heterocycles. The van der Waals surface area contributed by atoms with Crippen LogP contribution in [0.3, 0.4) is 0 Å². The Morgan fingerprint density at radius 2 is 2.00 bits per heavy atom. The number of benzene rings is 1. The summed E-state index contributed by atoms with van der Waals surface area (Å²) in [5.41, 5.74) is -0.989. The standard InChI is InChI=1S/C14H16BrF2NO3/c15-10-5-9(16)6-11(17)12(10)18-7-14(21)3-1-8(2-4-14)13(19)20/h5-6,8,18,21H,1-4,7H2,(H,19,20). The number of nitrogens with one attached hydrogen (secondary N) is 1. The molecule has 0 aliphatic heterocycles. The van der Waals surface area contributed by atoms with Gasteiger partial charge in [-0.15, -0.1) is 0 Å². The van der Waals surface area contributed by atoms with Crippen LogP contribution < -0.4 is 5.32 Å². The van der Waals surface area contributed by atoms with Crippen molar-refractivity contribution >= 4 is 27.6 Å². The van der Waals surface area contributed by atoms with Gasteiger partial charge in [0, 0.05) is 17.1 Å². The molecular formula is C14H16BrF2NO3. The number of carboxylic acids is 1. The first-order valence-corrected chi connectivity index (χ1v) is 7.44. The van der Waals surface area contributed by atoms with Crippen molar-refractivity contribution in [3.05, 3.63) is 28.2 Å². The molecule has 4 nitrogen and oxygen atoms in total. The molecule has 1 saturated carbocycles. The molecule has 1 fully saturated rings. The zero-order valence-electron chi connectivity index (χ0n) is 11.2. The number of aliphatic hydroxyl groups is 1. The number of aliphatic carboxylic acids is 1. The van der Waals surface area contributed by atoms with Crippen molar-refractivity contribution < 1.29 is 23.8 Å². The minimum atomic E-state index is -1.08. The molecule has 0 radical (unpaired) electrons. The third kappa shape index (κ3) is 3.91. The van der Waals surface area contributed by atoms with Gasteiger partial charge in [-0.1, -0.05) is 0 Å². The summed E-state index contributed by atoms with van der Waals surface area (Å²) in [4.78, 5) is 10.9. The molecule has 21 heavy (non-hydrogen) atoms. The predicted octanol–water partition coefficient (Wildman–Crippen LogP) is 3.15. The molecule has 0 spiro atoms. The van der Waals surface area contributed by atoms with E-state index in [0.29, 0.717) is 25.7 Å². The van der Waals surface area contributed by atoms with Crippen molar-refractivity contribution in [1.29, 1.82) is 0 Å². The quantitative estimate of drug-likeness (QED) is 0.768. The van der Waals surface area contributed by atoms with Crippen molar-refractivity contribution in [3.8, 4) is 0 Å². The largest absolute Gasteiger partial charge is 0.481 e. The summed E-state index contributed by atoms with van der Waals surface area (Å²) in [6.07, 6.45) is 1.44. The average molecular weight is 364 g/mol. The van der Waals surface area contributed by atoms with Crippen LogP contribution in [0.25, 0.3) is 0 Å². The van der Waals surface area contributed by atoms with Gasteiger partial charge in [0.1, 0.15) is 11.6 Å². The number of hydrogen-bond donors (Lipinski definition) is 3. The molecule has 0 bridgehead atoms. The second-order valence-corrected chi connectivity index (χ2v) is 6.29. The Labute approximate surface area is 129 Å². The van der Waals surface area contributed by atoms with Crippen LogP contribution in [0.1, 0.15) is 25.7 Å². The summed E-state index contributed by atoms with van der Waals surface area (Å²) < 4.78 is 26.9. The van der Waals surface area contributed by atoms with Crippen LogP contribution in [0, 0.1) is 17.6 Å². The summed E-state index contributed by atoms with van der Waals surface area (Å²) in [5.74, 6) is -2.72. The Balaban J connectivity index is 1.99. The first kappa shape index (κ1) is 16.2. The summed E-state index contributed by atoms with van der Waals surface area (Å²) in [6.45, 7) is 0.0838. The van der Waals surface area contributed by atoms with E-state index < -0.39 is 29.1 Å². The van der Waals surface area contributed by atoms with Crippen molar-refractivity contribution in [2.75, 3.05) is 11.9 Å². The van der Waals surface area contributed by atoms with Gasteiger partial charge in [0.25, 0.3) is 0 Å². The summed E-state index contributed by atoms with van der Waals surface area (Å²) in [6, 6.07) is 1.90. The minimum absolute atomic E-state index is 0.0838. The highest BCUT2D eigenvalue weighted by Gasteiger charge is 2.35. The van der Waals surface area contributed by atoms with E-state index in [0.717, 1.165) is 12.1 Å². The highest BCUT2D eigenvalue weighted by atomic mass is 79.9. The van der Waals surface area contributed by atoms with E-state index in [1.165, 1.54) is 0 Å². The lowest BCUT2D eigenvalue weighted by molar-refractivity contribution is -0.144. The van der Waals surface area contributed by atoms with E-state index in [1.807, 2.05) is 0 Å². The lowest BCUT2D eigenvalue weighted by Gasteiger charge is -2.35. The number of carboxylic acid groups (broad SMARTS) is 1. The highest BCUT2D eigenvalue weighted by molar-refractivity contribution is 9.10. The molecule has 1 aliphatic rings. The second kappa shape index (κ2) is 6.27. The molecule has 0 unspecified atom stereocenters. The summed E-state index contributed by atoms with van der Waals surface area (Å²) in [7, 11) is 0. The zero-order valence-corrected chi connectivity index (χ0v) is 12.8. The number of rotatable bonds is 4. The first-order chi connectivity index (χ1) is 9.81. The fourth-order valence-corrected chi connectivity index (χ4v) is 3.09. The van der Waals surface area contributed by atoms with Crippen molar-refractivity contribution in [2.24, 2.45) is 5.92 Å². The van der Waals surface area contributed by atoms with Crippen molar-refractivity contribution in [3.63, 3.8) is 0 Å². The maximum absolute atomic E-state index is 13.7. The van der Waals surface area contributed by atoms with E-state index in [2.05, 4.69) is 21.2 Å². The number of anilines is 1. The van der Waals surface area contributed by atoms with Gasteiger partial charge in [0.15, 0.2) is 0 Å². The molecule has 0 amide bonds. The average Bonchev–Trinajstić information content (AvgIpc) is 2.37. The van der Waals surface area contributed by atoms with E-state index in [1.54, 1.807) is 0 Å². The topological polar surface area (TPSA) is 69.6 Å². The normalized spacial score (nSPS) is 25.6. The molecule has 116 valence electrons. The Kier molecular flexibility index (Phi) is 4.83. The SMILES string of the molecule is O=C(O)C1CCC(O)(CNc2c(F)cc(F)cc2Br)CC1. The monoisotopic (exact) mass is 363 g/mol. The van der Waals surface area contributed by atoms with E-state index in [-0.39, 0.29) is 16.7 Å². The molecule has 3 N–H and O–H groups in total. The van der Waals surface area contributed by atoms with Crippen LogP contribution in [-0.2, 0) is 4.79 Å². The second-order valence-electron chi connectivity index (χ2n) is 5.43. The third-order valence-corrected chi connectivity index (χ3v) is 4.49. The van der Waals surface area contributed by atoms with Gasteiger partial charge >= 0.3 is 5.97 Å². The fourth-order valence-electron chi connectivity index (χ4n) is 2.54. The van der Waals surface area contributed by atoms with Crippen LogP contribution in [0.2, 0.25) is 0 Å². The van der Waals surface area contributed by atoms with Gasteiger partial charge in [-0.3, -0.25) is 4.79 Å². The third-order valence-electron chi connectivity index (χ3n) is 3.87. The Bertz CT molecular complexity index is 522. The molecule has 0 atom stereocenters. The molecular weight excluding hydrogens is 348 g/mol. The Morgan fingerprint density at radius 3 is 2.52 bits per heavy atom. The van der Waals surface area contributed by atoms with Gasteiger partial charge < -0.3 is 15.5 Å². The maximum atomic E-state index is 13.7. The number of hydrogen-bond acceptors (Lipinski definition) is 3. The number of halogens is 3. The van der Waals surface area contributed by atoms with E-state index >= 15 is 0 Å². The molecule has 2 rings (SSSR count). The van der Waals surface area contributed by atoms with Crippen molar-refractivity contribution in [2.45, 2.75) is 31.3 Å². The Hall–Kier alpha value is -1.21. The minimum Gasteiger partial charge on any atom is -0.481 e. The Morgan fingerprint density at radius 1 is 1.38 bits per heavy atom. The smallest absolute Gasteiger partial charge is 0.306 e. The van der Waals surface area contributed by atoms with E-state index in [9.17, 15) is 18.7 Å². The molecule has 0 aromatic heterocycles. The first-order valence-electron chi connectivity index (χ1n) is 6.64. The van der Waals surface area contributed by atoms with Crippen LogP contribution in [0.15, 0.2) is 16.6 Å². The van der Waals surface area contributed by atoms with Gasteiger partial charge in [-0.2, -0.15) is 0 Å². The lowest BCUT2D eigenvalue weighted by Crippen LogP contribution is -2.42. The molecule has 1 aromatic carbocycles. The lowest BCUT2D eigenvalue weighted by atomic mass is 9.79.